The van der Waals surface area contributed by atoms with Crippen LogP contribution in [0.1, 0.15) is 36.4 Å². The van der Waals surface area contributed by atoms with E-state index in [1.54, 1.807) is 13.8 Å². The summed E-state index contributed by atoms with van der Waals surface area (Å²) in [6.45, 7) is 8.02. The number of primary amides is 1. The van der Waals surface area contributed by atoms with Crippen molar-refractivity contribution >= 4 is 6.09 Å². The van der Waals surface area contributed by atoms with Gasteiger partial charge in [-0.2, -0.15) is 0 Å². The molecule has 1 heterocycles. The summed E-state index contributed by atoms with van der Waals surface area (Å²) in [6, 6.07) is 1.97. The Morgan fingerprint density at radius 2 is 2.06 bits per heavy atom. The molecule has 5 heteroatoms. The summed E-state index contributed by atoms with van der Waals surface area (Å²) in [4.78, 5) is 15.3. The van der Waals surface area contributed by atoms with E-state index in [0.29, 0.717) is 13.0 Å². The van der Waals surface area contributed by atoms with Gasteiger partial charge in [0, 0.05) is 24.4 Å². The molecule has 0 saturated carbocycles. The molecule has 0 spiro atoms. The predicted octanol–water partition coefficient (Wildman–Crippen LogP) is 1.57. The molecular weight excluding hydrogens is 230 g/mol. The minimum Gasteiger partial charge on any atom is -0.443 e. The number of carbonyl (C=O) groups excluding carboxylic acids is 1. The second-order valence-corrected chi connectivity index (χ2v) is 5.06. The van der Waals surface area contributed by atoms with Crippen LogP contribution in [0, 0.1) is 13.8 Å². The van der Waals surface area contributed by atoms with Gasteiger partial charge in [0.15, 0.2) is 0 Å². The molecule has 0 bridgehead atoms. The van der Waals surface area contributed by atoms with E-state index < -0.39 is 11.7 Å². The van der Waals surface area contributed by atoms with Crippen LogP contribution in [0.25, 0.3) is 0 Å². The molecule has 100 valence electrons. The number of rotatable bonds is 4. The molecule has 1 aromatic rings. The van der Waals surface area contributed by atoms with Crippen LogP contribution < -0.4 is 11.5 Å². The van der Waals surface area contributed by atoms with Crippen molar-refractivity contribution in [3.05, 3.63) is 28.6 Å². The molecule has 0 unspecified atom stereocenters. The number of hydrogen-bond donors (Lipinski definition) is 2. The zero-order chi connectivity index (χ0) is 13.9. The number of amides is 1. The third kappa shape index (κ3) is 3.70. The van der Waals surface area contributed by atoms with Gasteiger partial charge in [-0.15, -0.1) is 0 Å². The number of hydrogen-bond acceptors (Lipinski definition) is 4. The highest BCUT2D eigenvalue weighted by molar-refractivity contribution is 5.65. The Kier molecular flexibility index (Phi) is 4.29. The minimum absolute atomic E-state index is 0.478. The van der Waals surface area contributed by atoms with E-state index in [4.69, 9.17) is 16.2 Å². The zero-order valence-corrected chi connectivity index (χ0v) is 11.4. The van der Waals surface area contributed by atoms with Crippen molar-refractivity contribution in [2.24, 2.45) is 11.5 Å². The highest BCUT2D eigenvalue weighted by Gasteiger charge is 2.23. The molecule has 0 radical (unpaired) electrons. The average molecular weight is 251 g/mol. The maximum Gasteiger partial charge on any atom is 0.405 e. The number of ether oxygens (including phenoxy) is 1. The Morgan fingerprint density at radius 1 is 1.44 bits per heavy atom. The van der Waals surface area contributed by atoms with Crippen LogP contribution in [0.15, 0.2) is 6.07 Å². The minimum atomic E-state index is -0.771. The van der Waals surface area contributed by atoms with Crippen LogP contribution >= 0.6 is 0 Å². The molecule has 0 aliphatic heterocycles. The standard InChI is InChI=1S/C13H21N3O2/c1-8-5-10(16-9(2)11(8)7-14)6-13(3,4)18-12(15)17/h5H,6-7,14H2,1-4H3,(H2,15,17). The maximum absolute atomic E-state index is 10.8. The van der Waals surface area contributed by atoms with Gasteiger partial charge in [-0.1, -0.05) is 0 Å². The van der Waals surface area contributed by atoms with Crippen LogP contribution in [0.5, 0.6) is 0 Å². The number of carbonyl (C=O) groups is 1. The Morgan fingerprint density at radius 3 is 2.50 bits per heavy atom. The lowest BCUT2D eigenvalue weighted by molar-refractivity contribution is 0.0453. The smallest absolute Gasteiger partial charge is 0.405 e. The largest absolute Gasteiger partial charge is 0.443 e. The van der Waals surface area contributed by atoms with Gasteiger partial charge in [0.25, 0.3) is 0 Å². The van der Waals surface area contributed by atoms with Crippen LogP contribution in [-0.2, 0) is 17.7 Å². The van der Waals surface area contributed by atoms with E-state index in [1.807, 2.05) is 19.9 Å². The number of aromatic nitrogens is 1. The van der Waals surface area contributed by atoms with Gasteiger partial charge >= 0.3 is 6.09 Å². The third-order valence-electron chi connectivity index (χ3n) is 2.80. The highest BCUT2D eigenvalue weighted by atomic mass is 16.6. The molecule has 0 atom stereocenters. The molecule has 5 nitrogen and oxygen atoms in total. The van der Waals surface area contributed by atoms with Gasteiger partial charge in [0.2, 0.25) is 0 Å². The summed E-state index contributed by atoms with van der Waals surface area (Å²) in [5.41, 5.74) is 14.0. The summed E-state index contributed by atoms with van der Waals surface area (Å²) in [5, 5.41) is 0. The van der Waals surface area contributed by atoms with Crippen molar-refractivity contribution < 1.29 is 9.53 Å². The molecule has 0 aliphatic rings. The molecule has 4 N–H and O–H groups in total. The highest BCUT2D eigenvalue weighted by Crippen LogP contribution is 2.19. The summed E-state index contributed by atoms with van der Waals surface area (Å²) >= 11 is 0. The van der Waals surface area contributed by atoms with Gasteiger partial charge in [0.05, 0.1) is 0 Å². The van der Waals surface area contributed by atoms with Gasteiger partial charge in [-0.3, -0.25) is 4.98 Å². The van der Waals surface area contributed by atoms with Gasteiger partial charge in [-0.05, 0) is 44.9 Å². The number of pyridine rings is 1. The van der Waals surface area contributed by atoms with Gasteiger partial charge in [-0.25, -0.2) is 4.79 Å². The fourth-order valence-corrected chi connectivity index (χ4v) is 2.08. The molecule has 1 rings (SSSR count). The van der Waals surface area contributed by atoms with Crippen molar-refractivity contribution in [3.8, 4) is 0 Å². The molecule has 1 aromatic heterocycles. The zero-order valence-electron chi connectivity index (χ0n) is 11.4. The SMILES string of the molecule is Cc1cc(CC(C)(C)OC(N)=O)nc(C)c1CN. The lowest BCUT2D eigenvalue weighted by atomic mass is 9.99. The molecule has 0 fully saturated rings. The van der Waals surface area contributed by atoms with E-state index in [2.05, 4.69) is 4.98 Å². The molecule has 18 heavy (non-hydrogen) atoms. The van der Waals surface area contributed by atoms with Crippen molar-refractivity contribution in [1.82, 2.24) is 4.98 Å². The predicted molar refractivity (Wildman–Crippen MR) is 70.1 cm³/mol. The van der Waals surface area contributed by atoms with Gasteiger partial charge < -0.3 is 16.2 Å². The molecular formula is C13H21N3O2. The lowest BCUT2D eigenvalue weighted by Gasteiger charge is -2.24. The summed E-state index contributed by atoms with van der Waals surface area (Å²) in [6.07, 6.45) is -0.255. The molecule has 0 aliphatic carbocycles. The first-order valence-corrected chi connectivity index (χ1v) is 5.89. The van der Waals surface area contributed by atoms with Crippen LogP contribution in [0.2, 0.25) is 0 Å². The number of nitrogens with two attached hydrogens (primary N) is 2. The maximum atomic E-state index is 10.8. The van der Waals surface area contributed by atoms with Crippen molar-refractivity contribution in [2.45, 2.75) is 46.3 Å². The summed E-state index contributed by atoms with van der Waals surface area (Å²) < 4.78 is 5.05. The second-order valence-electron chi connectivity index (χ2n) is 5.06. The molecule has 1 amide bonds. The van der Waals surface area contributed by atoms with Crippen LogP contribution in [-0.4, -0.2) is 16.7 Å². The summed E-state index contributed by atoms with van der Waals surface area (Å²) in [7, 11) is 0. The molecule has 0 saturated heterocycles. The Labute approximate surface area is 108 Å². The molecule has 0 aromatic carbocycles. The third-order valence-corrected chi connectivity index (χ3v) is 2.80. The first-order chi connectivity index (χ1) is 8.25. The Hall–Kier alpha value is -1.62. The average Bonchev–Trinajstić information content (AvgIpc) is 2.13. The monoisotopic (exact) mass is 251 g/mol. The van der Waals surface area contributed by atoms with Crippen molar-refractivity contribution in [2.75, 3.05) is 0 Å². The van der Waals surface area contributed by atoms with Crippen LogP contribution in [0.3, 0.4) is 0 Å². The first kappa shape index (κ1) is 14.4. The van der Waals surface area contributed by atoms with Crippen molar-refractivity contribution in [3.63, 3.8) is 0 Å². The Bertz CT molecular complexity index is 433. The van der Waals surface area contributed by atoms with E-state index in [-0.39, 0.29) is 0 Å². The van der Waals surface area contributed by atoms with E-state index in [0.717, 1.165) is 22.5 Å². The van der Waals surface area contributed by atoms with E-state index in [1.165, 1.54) is 0 Å². The fourth-order valence-electron chi connectivity index (χ4n) is 2.08. The second kappa shape index (κ2) is 5.35. The van der Waals surface area contributed by atoms with Crippen LogP contribution in [0.4, 0.5) is 4.79 Å². The Balaban J connectivity index is 2.95. The normalized spacial score (nSPS) is 11.4. The van der Waals surface area contributed by atoms with E-state index >= 15 is 0 Å². The topological polar surface area (TPSA) is 91.2 Å². The number of aryl methyl sites for hydroxylation is 2. The fraction of sp³-hybridized carbons (Fsp3) is 0.538. The van der Waals surface area contributed by atoms with Crippen molar-refractivity contribution in [1.29, 1.82) is 0 Å². The summed E-state index contributed by atoms with van der Waals surface area (Å²) in [5.74, 6) is 0. The number of nitrogens with zero attached hydrogens (tertiary/aromatic N) is 1. The van der Waals surface area contributed by atoms with E-state index in [9.17, 15) is 4.79 Å². The quantitative estimate of drug-likeness (QED) is 0.849. The first-order valence-electron chi connectivity index (χ1n) is 5.89. The van der Waals surface area contributed by atoms with Gasteiger partial charge in [0.1, 0.15) is 5.60 Å². The lowest BCUT2D eigenvalue weighted by Crippen LogP contribution is -2.33.